The number of carbonyl (C=O) groups excluding carboxylic acids is 1. The topological polar surface area (TPSA) is 87.6 Å². The summed E-state index contributed by atoms with van der Waals surface area (Å²) in [5.74, 6) is -0.860. The monoisotopic (exact) mass is 276 g/mol. The van der Waals surface area contributed by atoms with Gasteiger partial charge in [-0.25, -0.2) is 4.39 Å². The minimum atomic E-state index is -0.757. The maximum atomic E-state index is 13.8. The van der Waals surface area contributed by atoms with Crippen molar-refractivity contribution in [2.75, 3.05) is 12.8 Å². The van der Waals surface area contributed by atoms with Crippen LogP contribution in [0.1, 0.15) is 10.4 Å². The number of nitrogens with two attached hydrogens (primary N) is 2. The van der Waals surface area contributed by atoms with E-state index in [1.54, 1.807) is 24.3 Å². The van der Waals surface area contributed by atoms with E-state index in [1.807, 2.05) is 0 Å². The predicted octanol–water partition coefficient (Wildman–Crippen LogP) is 2.31. The van der Waals surface area contributed by atoms with Crippen molar-refractivity contribution in [3.05, 3.63) is 47.8 Å². The lowest BCUT2D eigenvalue weighted by atomic mass is 10.1. The molecule has 104 valence electrons. The summed E-state index contributed by atoms with van der Waals surface area (Å²) in [5, 5.41) is 0. The van der Waals surface area contributed by atoms with Crippen LogP contribution in [0.15, 0.2) is 36.4 Å². The van der Waals surface area contributed by atoms with Crippen LogP contribution in [0.2, 0.25) is 0 Å². The molecule has 0 heterocycles. The summed E-state index contributed by atoms with van der Waals surface area (Å²) in [6.45, 7) is 0. The first-order chi connectivity index (χ1) is 9.52. The second-order valence-corrected chi connectivity index (χ2v) is 3.99. The van der Waals surface area contributed by atoms with E-state index in [0.717, 1.165) is 6.07 Å². The van der Waals surface area contributed by atoms with Gasteiger partial charge in [-0.3, -0.25) is 4.79 Å². The Kier molecular flexibility index (Phi) is 3.74. The summed E-state index contributed by atoms with van der Waals surface area (Å²) in [6.07, 6.45) is 0. The number of benzene rings is 2. The van der Waals surface area contributed by atoms with Gasteiger partial charge in [0.2, 0.25) is 0 Å². The molecule has 20 heavy (non-hydrogen) atoms. The Labute approximate surface area is 114 Å². The van der Waals surface area contributed by atoms with Crippen LogP contribution in [0, 0.1) is 5.82 Å². The third-order valence-electron chi connectivity index (χ3n) is 2.66. The molecule has 4 N–H and O–H groups in total. The molecule has 0 fully saturated rings. The fourth-order valence-corrected chi connectivity index (χ4v) is 1.68. The highest BCUT2D eigenvalue weighted by Crippen LogP contribution is 2.33. The van der Waals surface area contributed by atoms with Gasteiger partial charge in [-0.15, -0.1) is 0 Å². The summed E-state index contributed by atoms with van der Waals surface area (Å²) >= 11 is 0. The van der Waals surface area contributed by atoms with Crippen LogP contribution in [-0.4, -0.2) is 13.0 Å². The molecule has 1 amide bonds. The number of halogens is 1. The smallest absolute Gasteiger partial charge is 0.250 e. The average molecular weight is 276 g/mol. The van der Waals surface area contributed by atoms with Gasteiger partial charge in [0, 0.05) is 11.8 Å². The second-order valence-electron chi connectivity index (χ2n) is 3.99. The van der Waals surface area contributed by atoms with E-state index in [0.29, 0.717) is 11.5 Å². The van der Waals surface area contributed by atoms with Crippen LogP contribution in [0.5, 0.6) is 17.2 Å². The van der Waals surface area contributed by atoms with Crippen LogP contribution >= 0.6 is 0 Å². The molecule has 0 saturated heterocycles. The number of nitrogen functional groups attached to an aromatic ring is 1. The molecule has 0 aromatic heterocycles. The Morgan fingerprint density at radius 3 is 2.40 bits per heavy atom. The number of carbonyl (C=O) groups is 1. The van der Waals surface area contributed by atoms with Gasteiger partial charge in [-0.1, -0.05) is 12.1 Å². The van der Waals surface area contributed by atoms with Gasteiger partial charge in [0.1, 0.15) is 0 Å². The van der Waals surface area contributed by atoms with Crippen molar-refractivity contribution in [3.8, 4) is 17.2 Å². The normalized spacial score (nSPS) is 10.1. The van der Waals surface area contributed by atoms with Gasteiger partial charge in [0.05, 0.1) is 12.7 Å². The number of anilines is 1. The number of amides is 1. The van der Waals surface area contributed by atoms with E-state index in [1.165, 1.54) is 13.2 Å². The zero-order chi connectivity index (χ0) is 14.7. The van der Waals surface area contributed by atoms with Crippen LogP contribution in [0.25, 0.3) is 0 Å². The molecule has 6 heteroatoms. The molecule has 0 aliphatic rings. The maximum absolute atomic E-state index is 13.8. The Morgan fingerprint density at radius 1 is 1.15 bits per heavy atom. The molecule has 5 nitrogen and oxygen atoms in total. The van der Waals surface area contributed by atoms with Crippen molar-refractivity contribution in [2.45, 2.75) is 0 Å². The number of ether oxygens (including phenoxy) is 2. The predicted molar refractivity (Wildman–Crippen MR) is 72.4 cm³/mol. The standard InChI is InChI=1S/C14H13FN2O3/c1-19-11-4-2-3-5-12(11)20-13-6-8(14(17)18)10(16)7-9(13)15/h2-7H,16H2,1H3,(H2,17,18). The highest BCUT2D eigenvalue weighted by Gasteiger charge is 2.15. The molecule has 0 unspecified atom stereocenters. The van der Waals surface area contributed by atoms with Crippen molar-refractivity contribution < 1.29 is 18.7 Å². The minimum Gasteiger partial charge on any atom is -0.493 e. The number of para-hydroxylation sites is 2. The molecular formula is C14H13FN2O3. The van der Waals surface area contributed by atoms with Crippen LogP contribution in [0.4, 0.5) is 10.1 Å². The van der Waals surface area contributed by atoms with E-state index in [9.17, 15) is 9.18 Å². The lowest BCUT2D eigenvalue weighted by molar-refractivity contribution is 0.100. The van der Waals surface area contributed by atoms with Gasteiger partial charge in [0.15, 0.2) is 23.1 Å². The van der Waals surface area contributed by atoms with Crippen molar-refractivity contribution in [1.82, 2.24) is 0 Å². The van der Waals surface area contributed by atoms with E-state index in [2.05, 4.69) is 0 Å². The Morgan fingerprint density at radius 2 is 1.80 bits per heavy atom. The molecule has 2 aromatic rings. The van der Waals surface area contributed by atoms with Crippen molar-refractivity contribution >= 4 is 11.6 Å². The van der Waals surface area contributed by atoms with Crippen LogP contribution in [0.3, 0.4) is 0 Å². The van der Waals surface area contributed by atoms with Gasteiger partial charge in [0.25, 0.3) is 5.91 Å². The summed E-state index contributed by atoms with van der Waals surface area (Å²) in [5.41, 5.74) is 10.6. The van der Waals surface area contributed by atoms with Gasteiger partial charge in [-0.2, -0.15) is 0 Å². The highest BCUT2D eigenvalue weighted by molar-refractivity contribution is 5.98. The van der Waals surface area contributed by atoms with Gasteiger partial charge < -0.3 is 20.9 Å². The number of hydrogen-bond donors (Lipinski definition) is 2. The Bertz CT molecular complexity index is 659. The van der Waals surface area contributed by atoms with Gasteiger partial charge >= 0.3 is 0 Å². The van der Waals surface area contributed by atoms with Crippen LogP contribution < -0.4 is 20.9 Å². The van der Waals surface area contributed by atoms with Crippen molar-refractivity contribution in [1.29, 1.82) is 0 Å². The van der Waals surface area contributed by atoms with Crippen molar-refractivity contribution in [3.63, 3.8) is 0 Å². The summed E-state index contributed by atoms with van der Waals surface area (Å²) < 4.78 is 24.3. The lowest BCUT2D eigenvalue weighted by Crippen LogP contribution is -2.14. The van der Waals surface area contributed by atoms with E-state index < -0.39 is 11.7 Å². The molecule has 0 spiro atoms. The first kappa shape index (κ1) is 13.7. The molecule has 2 rings (SSSR count). The molecule has 2 aromatic carbocycles. The molecule has 0 radical (unpaired) electrons. The SMILES string of the molecule is COc1ccccc1Oc1cc(C(N)=O)c(N)cc1F. The third kappa shape index (κ3) is 2.64. The number of rotatable bonds is 4. The molecular weight excluding hydrogens is 263 g/mol. The zero-order valence-corrected chi connectivity index (χ0v) is 10.7. The minimum absolute atomic E-state index is 0.00343. The summed E-state index contributed by atoms with van der Waals surface area (Å²) in [4.78, 5) is 11.2. The summed E-state index contributed by atoms with van der Waals surface area (Å²) in [7, 11) is 1.47. The van der Waals surface area contributed by atoms with Crippen molar-refractivity contribution in [2.24, 2.45) is 5.73 Å². The second kappa shape index (κ2) is 5.48. The van der Waals surface area contributed by atoms with E-state index in [4.69, 9.17) is 20.9 Å². The fraction of sp³-hybridized carbons (Fsp3) is 0.0714. The quantitative estimate of drug-likeness (QED) is 0.839. The zero-order valence-electron chi connectivity index (χ0n) is 10.7. The number of methoxy groups -OCH3 is 1. The highest BCUT2D eigenvalue weighted by atomic mass is 19.1. The Balaban J connectivity index is 2.43. The summed E-state index contributed by atoms with van der Waals surface area (Å²) in [6, 6.07) is 8.89. The lowest BCUT2D eigenvalue weighted by Gasteiger charge is -2.12. The molecule has 0 bridgehead atoms. The Hall–Kier alpha value is -2.76. The van der Waals surface area contributed by atoms with Crippen LogP contribution in [-0.2, 0) is 0 Å². The average Bonchev–Trinajstić information content (AvgIpc) is 2.42. The number of primary amides is 1. The van der Waals surface area contributed by atoms with E-state index >= 15 is 0 Å². The maximum Gasteiger partial charge on any atom is 0.250 e. The first-order valence-electron chi connectivity index (χ1n) is 5.72. The molecule has 0 aliphatic carbocycles. The largest absolute Gasteiger partial charge is 0.493 e. The third-order valence-corrected chi connectivity index (χ3v) is 2.66. The number of hydrogen-bond acceptors (Lipinski definition) is 4. The first-order valence-corrected chi connectivity index (χ1v) is 5.72. The fourth-order valence-electron chi connectivity index (χ4n) is 1.68. The molecule has 0 saturated carbocycles. The molecule has 0 aliphatic heterocycles. The molecule has 0 atom stereocenters. The van der Waals surface area contributed by atoms with Gasteiger partial charge in [-0.05, 0) is 18.2 Å². The van der Waals surface area contributed by atoms with E-state index in [-0.39, 0.29) is 17.0 Å².